The van der Waals surface area contributed by atoms with Gasteiger partial charge >= 0.3 is 0 Å². The first-order valence-electron chi connectivity index (χ1n) is 10.0. The van der Waals surface area contributed by atoms with Crippen molar-refractivity contribution in [3.05, 3.63) is 93.5 Å². The van der Waals surface area contributed by atoms with Gasteiger partial charge in [0.15, 0.2) is 11.5 Å². The molecular formula is C24H22N4O6. The van der Waals surface area contributed by atoms with Crippen LogP contribution in [0, 0.1) is 10.1 Å². The second-order valence-corrected chi connectivity index (χ2v) is 7.04. The van der Waals surface area contributed by atoms with Crippen molar-refractivity contribution in [2.75, 3.05) is 19.5 Å². The smallest absolute Gasteiger partial charge is 0.271 e. The molecule has 34 heavy (non-hydrogen) atoms. The van der Waals surface area contributed by atoms with Gasteiger partial charge < -0.3 is 14.8 Å². The lowest BCUT2D eigenvalue weighted by Gasteiger charge is -2.10. The number of rotatable bonds is 8. The molecule has 0 saturated carbocycles. The van der Waals surface area contributed by atoms with Crippen LogP contribution in [0.1, 0.15) is 33.2 Å². The van der Waals surface area contributed by atoms with Crippen molar-refractivity contribution in [1.82, 2.24) is 5.43 Å². The molecule has 0 aromatic heterocycles. The molecule has 0 bridgehead atoms. The fourth-order valence-electron chi connectivity index (χ4n) is 2.97. The van der Waals surface area contributed by atoms with Gasteiger partial charge in [-0.15, -0.1) is 0 Å². The van der Waals surface area contributed by atoms with Gasteiger partial charge in [0, 0.05) is 28.9 Å². The molecular weight excluding hydrogens is 440 g/mol. The molecule has 0 heterocycles. The summed E-state index contributed by atoms with van der Waals surface area (Å²) < 4.78 is 10.4. The Morgan fingerprint density at radius 3 is 2.00 bits per heavy atom. The number of hydrogen-bond acceptors (Lipinski definition) is 7. The number of non-ortho nitro benzene ring substituents is 1. The van der Waals surface area contributed by atoms with Crippen LogP contribution in [0.5, 0.6) is 11.5 Å². The average Bonchev–Trinajstić information content (AvgIpc) is 2.87. The van der Waals surface area contributed by atoms with Gasteiger partial charge in [0.25, 0.3) is 17.5 Å². The number of nitrogens with zero attached hydrogens (tertiary/aromatic N) is 2. The summed E-state index contributed by atoms with van der Waals surface area (Å²) in [5.74, 6) is 0.175. The largest absolute Gasteiger partial charge is 0.493 e. The van der Waals surface area contributed by atoms with E-state index in [4.69, 9.17) is 9.47 Å². The van der Waals surface area contributed by atoms with Crippen LogP contribution in [-0.4, -0.2) is 36.7 Å². The third kappa shape index (κ3) is 5.74. The topological polar surface area (TPSA) is 132 Å². The van der Waals surface area contributed by atoms with Crippen molar-refractivity contribution in [2.24, 2.45) is 5.10 Å². The second-order valence-electron chi connectivity index (χ2n) is 7.04. The molecule has 0 radical (unpaired) electrons. The van der Waals surface area contributed by atoms with Crippen molar-refractivity contribution in [3.63, 3.8) is 0 Å². The number of amides is 2. The number of anilines is 1. The molecule has 10 heteroatoms. The molecule has 0 atom stereocenters. The van der Waals surface area contributed by atoms with Crippen molar-refractivity contribution in [1.29, 1.82) is 0 Å². The van der Waals surface area contributed by atoms with E-state index in [-0.39, 0.29) is 17.2 Å². The number of nitro groups is 1. The Labute approximate surface area is 195 Å². The quantitative estimate of drug-likeness (QED) is 0.295. The van der Waals surface area contributed by atoms with Crippen LogP contribution in [0.2, 0.25) is 0 Å². The summed E-state index contributed by atoms with van der Waals surface area (Å²) in [7, 11) is 3.02. The van der Waals surface area contributed by atoms with Crippen molar-refractivity contribution < 1.29 is 24.0 Å². The van der Waals surface area contributed by atoms with E-state index >= 15 is 0 Å². The second kappa shape index (κ2) is 10.7. The highest BCUT2D eigenvalue weighted by atomic mass is 16.6. The maximum Gasteiger partial charge on any atom is 0.271 e. The molecule has 10 nitrogen and oxygen atoms in total. The summed E-state index contributed by atoms with van der Waals surface area (Å²) in [6.45, 7) is 1.72. The van der Waals surface area contributed by atoms with Gasteiger partial charge in [-0.25, -0.2) is 5.43 Å². The maximum atomic E-state index is 12.6. The monoisotopic (exact) mass is 462 g/mol. The van der Waals surface area contributed by atoms with Crippen LogP contribution in [-0.2, 0) is 0 Å². The molecule has 3 aromatic carbocycles. The predicted molar refractivity (Wildman–Crippen MR) is 127 cm³/mol. The van der Waals surface area contributed by atoms with E-state index in [1.807, 2.05) is 0 Å². The van der Waals surface area contributed by atoms with Crippen molar-refractivity contribution >= 4 is 28.9 Å². The van der Waals surface area contributed by atoms with Crippen LogP contribution in [0.3, 0.4) is 0 Å². The van der Waals surface area contributed by atoms with Gasteiger partial charge in [-0.05, 0) is 55.0 Å². The summed E-state index contributed by atoms with van der Waals surface area (Å²) in [6, 6.07) is 17.0. The fourth-order valence-corrected chi connectivity index (χ4v) is 2.97. The Morgan fingerprint density at radius 2 is 1.41 bits per heavy atom. The summed E-state index contributed by atoms with van der Waals surface area (Å²) in [6.07, 6.45) is 0. The van der Waals surface area contributed by atoms with Gasteiger partial charge in [-0.2, -0.15) is 5.10 Å². The van der Waals surface area contributed by atoms with E-state index in [0.717, 1.165) is 5.56 Å². The zero-order valence-electron chi connectivity index (χ0n) is 18.7. The number of hydrogen-bond donors (Lipinski definition) is 2. The SMILES string of the molecule is COc1ccc(C(=O)Nc2ccc(/C(C)=N\NC(=O)c3ccc([N+](=O)[O-])cc3)cc2)cc1OC. The summed E-state index contributed by atoms with van der Waals surface area (Å²) >= 11 is 0. The Kier molecular flexibility index (Phi) is 7.55. The third-order valence-electron chi connectivity index (χ3n) is 4.87. The average molecular weight is 462 g/mol. The minimum Gasteiger partial charge on any atom is -0.493 e. The first-order valence-corrected chi connectivity index (χ1v) is 10.0. The molecule has 2 amide bonds. The van der Waals surface area contributed by atoms with E-state index in [2.05, 4.69) is 15.8 Å². The van der Waals surface area contributed by atoms with Gasteiger partial charge in [0.05, 0.1) is 24.9 Å². The number of benzene rings is 3. The number of hydrazone groups is 1. The lowest BCUT2D eigenvalue weighted by atomic mass is 10.1. The number of carbonyl (C=O) groups is 2. The lowest BCUT2D eigenvalue weighted by molar-refractivity contribution is -0.384. The predicted octanol–water partition coefficient (Wildman–Crippen LogP) is 4.02. The summed E-state index contributed by atoms with van der Waals surface area (Å²) in [5.41, 5.74) is 4.82. The van der Waals surface area contributed by atoms with Crippen LogP contribution >= 0.6 is 0 Å². The van der Waals surface area contributed by atoms with E-state index < -0.39 is 10.8 Å². The molecule has 0 unspecified atom stereocenters. The van der Waals surface area contributed by atoms with E-state index in [0.29, 0.717) is 28.5 Å². The van der Waals surface area contributed by atoms with Gasteiger partial charge in [-0.1, -0.05) is 12.1 Å². The molecule has 0 spiro atoms. The van der Waals surface area contributed by atoms with E-state index in [1.54, 1.807) is 49.4 Å². The Hall–Kier alpha value is -4.73. The number of methoxy groups -OCH3 is 2. The molecule has 0 aliphatic heterocycles. The number of nitrogens with one attached hydrogen (secondary N) is 2. The van der Waals surface area contributed by atoms with Crippen LogP contribution in [0.15, 0.2) is 71.8 Å². The molecule has 0 saturated heterocycles. The molecule has 0 aliphatic carbocycles. The first-order chi connectivity index (χ1) is 16.3. The highest BCUT2D eigenvalue weighted by Crippen LogP contribution is 2.28. The molecule has 0 fully saturated rings. The Bertz CT molecular complexity index is 1240. The standard InChI is InChI=1S/C24H22N4O6/c1-15(26-27-24(30)17-6-11-20(12-7-17)28(31)32)16-4-9-19(10-5-16)25-23(29)18-8-13-21(33-2)22(14-18)34-3/h4-14H,1-3H3,(H,25,29)(H,27,30)/b26-15-. The fraction of sp³-hybridized carbons (Fsp3) is 0.125. The molecule has 0 aliphatic rings. The van der Waals surface area contributed by atoms with E-state index in [1.165, 1.54) is 38.5 Å². The summed E-state index contributed by atoms with van der Waals surface area (Å²) in [5, 5.41) is 17.6. The first kappa shape index (κ1) is 23.9. The zero-order valence-corrected chi connectivity index (χ0v) is 18.7. The van der Waals surface area contributed by atoms with Crippen molar-refractivity contribution in [2.45, 2.75) is 6.92 Å². The Morgan fingerprint density at radius 1 is 0.824 bits per heavy atom. The normalized spacial score (nSPS) is 10.9. The van der Waals surface area contributed by atoms with Crippen LogP contribution < -0.4 is 20.2 Å². The zero-order chi connectivity index (χ0) is 24.7. The van der Waals surface area contributed by atoms with Crippen LogP contribution in [0.25, 0.3) is 0 Å². The van der Waals surface area contributed by atoms with Crippen molar-refractivity contribution in [3.8, 4) is 11.5 Å². The minimum absolute atomic E-state index is 0.102. The Balaban J connectivity index is 1.63. The van der Waals surface area contributed by atoms with Gasteiger partial charge in [0.1, 0.15) is 0 Å². The lowest BCUT2D eigenvalue weighted by Crippen LogP contribution is -2.19. The van der Waals surface area contributed by atoms with Gasteiger partial charge in [0.2, 0.25) is 0 Å². The van der Waals surface area contributed by atoms with E-state index in [9.17, 15) is 19.7 Å². The number of carbonyl (C=O) groups excluding carboxylic acids is 2. The van der Waals surface area contributed by atoms with Gasteiger partial charge in [-0.3, -0.25) is 19.7 Å². The number of ether oxygens (including phenoxy) is 2. The third-order valence-corrected chi connectivity index (χ3v) is 4.87. The molecule has 3 rings (SSSR count). The number of nitro benzene ring substituents is 1. The minimum atomic E-state index is -0.538. The van der Waals surface area contributed by atoms with Crippen LogP contribution in [0.4, 0.5) is 11.4 Å². The summed E-state index contributed by atoms with van der Waals surface area (Å²) in [4.78, 5) is 34.9. The molecule has 2 N–H and O–H groups in total. The highest BCUT2D eigenvalue weighted by Gasteiger charge is 2.12. The highest BCUT2D eigenvalue weighted by molar-refractivity contribution is 6.05. The molecule has 3 aromatic rings. The maximum absolute atomic E-state index is 12.6. The molecule has 174 valence electrons.